The highest BCUT2D eigenvalue weighted by molar-refractivity contribution is 5.29. The van der Waals surface area contributed by atoms with E-state index in [2.05, 4.69) is 35.2 Å². The summed E-state index contributed by atoms with van der Waals surface area (Å²) in [4.78, 5) is 2.54. The quantitative estimate of drug-likeness (QED) is 0.930. The van der Waals surface area contributed by atoms with Gasteiger partial charge in [-0.15, -0.1) is 0 Å². The first kappa shape index (κ1) is 14.7. The second-order valence-corrected chi connectivity index (χ2v) is 6.64. The Kier molecular flexibility index (Phi) is 4.06. The van der Waals surface area contributed by atoms with E-state index >= 15 is 0 Å². The van der Waals surface area contributed by atoms with E-state index in [0.29, 0.717) is 17.8 Å². The summed E-state index contributed by atoms with van der Waals surface area (Å²) in [5.74, 6) is 0.316. The van der Waals surface area contributed by atoms with Gasteiger partial charge < -0.3 is 9.84 Å². The third kappa shape index (κ3) is 2.99. The Morgan fingerprint density at radius 2 is 1.78 bits per heavy atom. The number of ether oxygens (including phenoxy) is 1. The molecule has 3 heteroatoms. The molecule has 0 saturated carbocycles. The lowest BCUT2D eigenvalue weighted by Gasteiger charge is -2.23. The highest BCUT2D eigenvalue weighted by atomic mass is 16.5. The molecule has 2 aliphatic heterocycles. The maximum Gasteiger partial charge on any atom is 0.115 e. The van der Waals surface area contributed by atoms with Crippen molar-refractivity contribution in [3.05, 3.63) is 65.7 Å². The maximum atomic E-state index is 9.46. The second-order valence-electron chi connectivity index (χ2n) is 6.64. The lowest BCUT2D eigenvalue weighted by Crippen LogP contribution is -2.33. The standard InChI is InChI=1S/C20H23NO2/c22-18-11-7-16(8-12-18)20-19-13-10-17(21(19)14-23-20)9-6-15-4-2-1-3-5-15/h1-5,7-8,11-12,17,19-20,22H,6,9-10,13-14H2/t17-,19+,20-/m1/s1. The summed E-state index contributed by atoms with van der Waals surface area (Å²) in [5, 5.41) is 9.46. The van der Waals surface area contributed by atoms with Gasteiger partial charge in [0.05, 0.1) is 6.10 Å². The van der Waals surface area contributed by atoms with Crippen LogP contribution < -0.4 is 0 Å². The lowest BCUT2D eigenvalue weighted by molar-refractivity contribution is 0.0734. The van der Waals surface area contributed by atoms with E-state index in [0.717, 1.165) is 13.2 Å². The van der Waals surface area contributed by atoms with Crippen molar-refractivity contribution in [2.24, 2.45) is 0 Å². The molecule has 2 saturated heterocycles. The molecule has 1 N–H and O–H groups in total. The average molecular weight is 309 g/mol. The number of hydrogen-bond acceptors (Lipinski definition) is 3. The predicted molar refractivity (Wildman–Crippen MR) is 90.2 cm³/mol. The van der Waals surface area contributed by atoms with Crippen LogP contribution in [-0.4, -0.2) is 28.8 Å². The monoisotopic (exact) mass is 309 g/mol. The summed E-state index contributed by atoms with van der Waals surface area (Å²) in [6.07, 6.45) is 4.95. The molecule has 3 nitrogen and oxygen atoms in total. The van der Waals surface area contributed by atoms with E-state index < -0.39 is 0 Å². The molecule has 2 aliphatic rings. The van der Waals surface area contributed by atoms with Crippen molar-refractivity contribution < 1.29 is 9.84 Å². The molecule has 0 spiro atoms. The van der Waals surface area contributed by atoms with Crippen LogP contribution in [0, 0.1) is 0 Å². The number of nitrogens with zero attached hydrogens (tertiary/aromatic N) is 1. The summed E-state index contributed by atoms with van der Waals surface area (Å²) < 4.78 is 6.07. The van der Waals surface area contributed by atoms with E-state index in [1.165, 1.54) is 30.4 Å². The molecule has 3 atom stereocenters. The lowest BCUT2D eigenvalue weighted by atomic mass is 10.0. The van der Waals surface area contributed by atoms with Gasteiger partial charge in [0.1, 0.15) is 12.5 Å². The Morgan fingerprint density at radius 1 is 1.00 bits per heavy atom. The third-order valence-corrected chi connectivity index (χ3v) is 5.27. The molecule has 23 heavy (non-hydrogen) atoms. The fraction of sp³-hybridized carbons (Fsp3) is 0.400. The van der Waals surface area contributed by atoms with Gasteiger partial charge in [0.25, 0.3) is 0 Å². The molecule has 0 bridgehead atoms. The Morgan fingerprint density at radius 3 is 2.57 bits per heavy atom. The van der Waals surface area contributed by atoms with Gasteiger partial charge >= 0.3 is 0 Å². The number of benzene rings is 2. The van der Waals surface area contributed by atoms with Gasteiger partial charge in [0.15, 0.2) is 0 Å². The second kappa shape index (κ2) is 6.34. The van der Waals surface area contributed by atoms with E-state index in [9.17, 15) is 5.11 Å². The van der Waals surface area contributed by atoms with E-state index in [-0.39, 0.29) is 6.10 Å². The van der Waals surface area contributed by atoms with Gasteiger partial charge in [0, 0.05) is 12.1 Å². The topological polar surface area (TPSA) is 32.7 Å². The van der Waals surface area contributed by atoms with Crippen LogP contribution in [0.2, 0.25) is 0 Å². The van der Waals surface area contributed by atoms with Crippen molar-refractivity contribution in [2.45, 2.75) is 43.9 Å². The summed E-state index contributed by atoms with van der Waals surface area (Å²) in [7, 11) is 0. The molecule has 2 aromatic carbocycles. The van der Waals surface area contributed by atoms with Crippen LogP contribution in [0.1, 0.15) is 36.5 Å². The minimum absolute atomic E-state index is 0.150. The van der Waals surface area contributed by atoms with Crippen molar-refractivity contribution in [1.82, 2.24) is 4.90 Å². The predicted octanol–water partition coefficient (Wildman–Crippen LogP) is 3.89. The molecule has 2 heterocycles. The normalized spacial score (nSPS) is 27.2. The Labute approximate surface area is 137 Å². The summed E-state index contributed by atoms with van der Waals surface area (Å²) in [6.45, 7) is 0.732. The van der Waals surface area contributed by atoms with Crippen molar-refractivity contribution >= 4 is 0 Å². The van der Waals surface area contributed by atoms with Crippen molar-refractivity contribution in [2.75, 3.05) is 6.73 Å². The number of aryl methyl sites for hydroxylation is 1. The molecule has 120 valence electrons. The molecule has 2 aromatic rings. The summed E-state index contributed by atoms with van der Waals surface area (Å²) in [5.41, 5.74) is 2.60. The summed E-state index contributed by atoms with van der Waals surface area (Å²) in [6, 6.07) is 19.3. The molecule has 0 aromatic heterocycles. The molecular formula is C20H23NO2. The van der Waals surface area contributed by atoms with Crippen LogP contribution >= 0.6 is 0 Å². The fourth-order valence-electron chi connectivity index (χ4n) is 4.04. The van der Waals surface area contributed by atoms with Gasteiger partial charge in [-0.3, -0.25) is 4.90 Å². The van der Waals surface area contributed by atoms with Gasteiger partial charge in [-0.1, -0.05) is 42.5 Å². The zero-order valence-corrected chi connectivity index (χ0v) is 13.3. The SMILES string of the molecule is Oc1ccc([C@H]2OCN3[C@H](CCc4ccccc4)CC[C@@H]23)cc1. The van der Waals surface area contributed by atoms with E-state index in [1.807, 2.05) is 12.1 Å². The van der Waals surface area contributed by atoms with Crippen LogP contribution in [0.15, 0.2) is 54.6 Å². The number of phenolic OH excluding ortho intramolecular Hbond substituents is 1. The first-order valence-corrected chi connectivity index (χ1v) is 8.51. The van der Waals surface area contributed by atoms with Crippen LogP contribution in [0.25, 0.3) is 0 Å². The largest absolute Gasteiger partial charge is 0.508 e. The van der Waals surface area contributed by atoms with Crippen molar-refractivity contribution in [1.29, 1.82) is 0 Å². The highest BCUT2D eigenvalue weighted by Gasteiger charge is 2.43. The van der Waals surface area contributed by atoms with Gasteiger partial charge in [0.2, 0.25) is 0 Å². The van der Waals surface area contributed by atoms with Crippen molar-refractivity contribution in [3.8, 4) is 5.75 Å². The van der Waals surface area contributed by atoms with E-state index in [1.54, 1.807) is 12.1 Å². The van der Waals surface area contributed by atoms with Crippen LogP contribution in [0.5, 0.6) is 5.75 Å². The van der Waals surface area contributed by atoms with Gasteiger partial charge in [-0.05, 0) is 48.9 Å². The molecule has 0 unspecified atom stereocenters. The summed E-state index contributed by atoms with van der Waals surface area (Å²) >= 11 is 0. The smallest absolute Gasteiger partial charge is 0.115 e. The zero-order chi connectivity index (χ0) is 15.6. The first-order valence-electron chi connectivity index (χ1n) is 8.51. The minimum atomic E-state index is 0.150. The number of aromatic hydroxyl groups is 1. The average Bonchev–Trinajstić information content (AvgIpc) is 3.17. The number of rotatable bonds is 4. The first-order chi connectivity index (χ1) is 11.3. The number of phenols is 1. The molecule has 4 rings (SSSR count). The highest BCUT2D eigenvalue weighted by Crippen LogP contribution is 2.41. The molecular weight excluding hydrogens is 286 g/mol. The molecule has 0 aliphatic carbocycles. The molecule has 0 amide bonds. The van der Waals surface area contributed by atoms with Crippen LogP contribution in [-0.2, 0) is 11.2 Å². The maximum absolute atomic E-state index is 9.46. The van der Waals surface area contributed by atoms with E-state index in [4.69, 9.17) is 4.74 Å². The number of fused-ring (bicyclic) bond motifs is 1. The third-order valence-electron chi connectivity index (χ3n) is 5.27. The van der Waals surface area contributed by atoms with Crippen LogP contribution in [0.3, 0.4) is 0 Å². The zero-order valence-electron chi connectivity index (χ0n) is 13.3. The van der Waals surface area contributed by atoms with Gasteiger partial charge in [-0.25, -0.2) is 0 Å². The Balaban J connectivity index is 1.40. The Bertz CT molecular complexity index is 640. The molecule has 2 fully saturated rings. The Hall–Kier alpha value is -1.84. The molecule has 0 radical (unpaired) electrons. The fourth-order valence-corrected chi connectivity index (χ4v) is 4.04. The van der Waals surface area contributed by atoms with Gasteiger partial charge in [-0.2, -0.15) is 0 Å². The van der Waals surface area contributed by atoms with Crippen molar-refractivity contribution in [3.63, 3.8) is 0 Å². The number of hydrogen-bond donors (Lipinski definition) is 1. The minimum Gasteiger partial charge on any atom is -0.508 e. The van der Waals surface area contributed by atoms with Crippen LogP contribution in [0.4, 0.5) is 0 Å².